The fourth-order valence-corrected chi connectivity index (χ4v) is 1.85. The SMILES string of the molecule is Fc1cc(OCc2cccs2)ccc1Cl. The number of hydrogen-bond donors (Lipinski definition) is 0. The summed E-state index contributed by atoms with van der Waals surface area (Å²) in [5.74, 6) is 0.0330. The molecule has 1 aromatic carbocycles. The predicted molar refractivity (Wildman–Crippen MR) is 60.1 cm³/mol. The van der Waals surface area contributed by atoms with Gasteiger partial charge in [-0.3, -0.25) is 0 Å². The van der Waals surface area contributed by atoms with Crippen LogP contribution in [0.4, 0.5) is 4.39 Å². The van der Waals surface area contributed by atoms with Gasteiger partial charge in [0.1, 0.15) is 18.2 Å². The van der Waals surface area contributed by atoms with Crippen molar-refractivity contribution >= 4 is 22.9 Å². The Labute approximate surface area is 96.1 Å². The Morgan fingerprint density at radius 3 is 2.87 bits per heavy atom. The molecule has 0 aliphatic heterocycles. The summed E-state index contributed by atoms with van der Waals surface area (Å²) in [6, 6.07) is 8.35. The molecule has 15 heavy (non-hydrogen) atoms. The summed E-state index contributed by atoms with van der Waals surface area (Å²) >= 11 is 7.16. The van der Waals surface area contributed by atoms with Gasteiger partial charge in [-0.15, -0.1) is 11.3 Å². The number of ether oxygens (including phenoxy) is 1. The molecule has 1 nitrogen and oxygen atoms in total. The number of benzene rings is 1. The first-order valence-corrected chi connectivity index (χ1v) is 5.62. The molecule has 0 atom stereocenters. The topological polar surface area (TPSA) is 9.23 Å². The van der Waals surface area contributed by atoms with Crippen molar-refractivity contribution in [1.82, 2.24) is 0 Å². The van der Waals surface area contributed by atoms with Gasteiger partial charge in [0.15, 0.2) is 0 Å². The van der Waals surface area contributed by atoms with E-state index in [4.69, 9.17) is 16.3 Å². The van der Waals surface area contributed by atoms with Crippen molar-refractivity contribution in [3.8, 4) is 5.75 Å². The zero-order valence-corrected chi connectivity index (χ0v) is 9.32. The van der Waals surface area contributed by atoms with Gasteiger partial charge in [0, 0.05) is 10.9 Å². The Hall–Kier alpha value is -1.06. The molecule has 0 aliphatic rings. The second kappa shape index (κ2) is 4.64. The van der Waals surface area contributed by atoms with Crippen molar-refractivity contribution in [3.05, 3.63) is 51.4 Å². The predicted octanol–water partition coefficient (Wildman–Crippen LogP) is 4.12. The van der Waals surface area contributed by atoms with Crippen LogP contribution in [0.1, 0.15) is 4.88 Å². The van der Waals surface area contributed by atoms with Crippen LogP contribution < -0.4 is 4.74 Å². The van der Waals surface area contributed by atoms with Gasteiger partial charge in [-0.1, -0.05) is 17.7 Å². The second-order valence-corrected chi connectivity index (χ2v) is 4.38. The summed E-state index contributed by atoms with van der Waals surface area (Å²) in [4.78, 5) is 1.10. The quantitative estimate of drug-likeness (QED) is 0.787. The van der Waals surface area contributed by atoms with Gasteiger partial charge in [-0.25, -0.2) is 4.39 Å². The van der Waals surface area contributed by atoms with Crippen molar-refractivity contribution < 1.29 is 9.13 Å². The molecule has 0 fully saturated rings. The van der Waals surface area contributed by atoms with E-state index in [2.05, 4.69) is 0 Å². The van der Waals surface area contributed by atoms with E-state index in [9.17, 15) is 4.39 Å². The van der Waals surface area contributed by atoms with Crippen LogP contribution in [0.2, 0.25) is 5.02 Å². The lowest BCUT2D eigenvalue weighted by Gasteiger charge is -2.04. The molecule has 0 saturated carbocycles. The second-order valence-electron chi connectivity index (χ2n) is 2.94. The summed E-state index contributed by atoms with van der Waals surface area (Å²) < 4.78 is 18.4. The normalized spacial score (nSPS) is 10.3. The summed E-state index contributed by atoms with van der Waals surface area (Å²) in [6.45, 7) is 0.457. The Balaban J connectivity index is 2.02. The van der Waals surface area contributed by atoms with Crippen molar-refractivity contribution in [2.75, 3.05) is 0 Å². The molecular formula is C11H8ClFOS. The lowest BCUT2D eigenvalue weighted by Crippen LogP contribution is -1.93. The highest BCUT2D eigenvalue weighted by molar-refractivity contribution is 7.09. The van der Waals surface area contributed by atoms with Gasteiger partial charge in [0.2, 0.25) is 0 Å². The van der Waals surface area contributed by atoms with E-state index in [1.807, 2.05) is 17.5 Å². The molecule has 1 aromatic heterocycles. The third-order valence-electron chi connectivity index (χ3n) is 1.85. The molecular weight excluding hydrogens is 235 g/mol. The van der Waals surface area contributed by atoms with Crippen molar-refractivity contribution in [1.29, 1.82) is 0 Å². The minimum absolute atomic E-state index is 0.110. The van der Waals surface area contributed by atoms with E-state index in [1.165, 1.54) is 12.1 Å². The monoisotopic (exact) mass is 242 g/mol. The highest BCUT2D eigenvalue weighted by Gasteiger charge is 2.02. The third kappa shape index (κ3) is 2.70. The molecule has 0 aliphatic carbocycles. The molecule has 4 heteroatoms. The maximum Gasteiger partial charge on any atom is 0.145 e. The molecule has 0 spiro atoms. The molecule has 0 amide bonds. The molecule has 2 aromatic rings. The maximum absolute atomic E-state index is 13.0. The fraction of sp³-hybridized carbons (Fsp3) is 0.0909. The van der Waals surface area contributed by atoms with E-state index in [-0.39, 0.29) is 5.02 Å². The summed E-state index contributed by atoms with van der Waals surface area (Å²) in [6.07, 6.45) is 0. The average Bonchev–Trinajstić information content (AvgIpc) is 2.73. The summed E-state index contributed by atoms with van der Waals surface area (Å²) in [5.41, 5.74) is 0. The molecule has 0 saturated heterocycles. The van der Waals surface area contributed by atoms with Crippen LogP contribution in [0.5, 0.6) is 5.75 Å². The first-order chi connectivity index (χ1) is 7.25. The average molecular weight is 243 g/mol. The van der Waals surface area contributed by atoms with Crippen LogP contribution in [0.25, 0.3) is 0 Å². The van der Waals surface area contributed by atoms with Crippen LogP contribution in [0.15, 0.2) is 35.7 Å². The van der Waals surface area contributed by atoms with Crippen molar-refractivity contribution in [2.24, 2.45) is 0 Å². The standard InChI is InChI=1S/C11H8ClFOS/c12-10-4-3-8(6-11(10)13)14-7-9-2-1-5-15-9/h1-6H,7H2. The molecule has 2 rings (SSSR count). The number of rotatable bonds is 3. The molecule has 0 bridgehead atoms. The first kappa shape index (κ1) is 10.5. The van der Waals surface area contributed by atoms with Gasteiger partial charge in [0.05, 0.1) is 5.02 Å². The highest BCUT2D eigenvalue weighted by Crippen LogP contribution is 2.21. The number of halogens is 2. The Morgan fingerprint density at radius 1 is 1.33 bits per heavy atom. The molecule has 0 radical (unpaired) electrons. The van der Waals surface area contributed by atoms with Crippen LogP contribution in [0.3, 0.4) is 0 Å². The van der Waals surface area contributed by atoms with Crippen LogP contribution in [-0.2, 0) is 6.61 Å². The van der Waals surface area contributed by atoms with Gasteiger partial charge in [-0.05, 0) is 23.6 Å². The van der Waals surface area contributed by atoms with E-state index in [1.54, 1.807) is 17.4 Å². The highest BCUT2D eigenvalue weighted by atomic mass is 35.5. The number of hydrogen-bond acceptors (Lipinski definition) is 2. The van der Waals surface area contributed by atoms with E-state index in [0.717, 1.165) is 4.88 Å². The fourth-order valence-electron chi connectivity index (χ4n) is 1.12. The molecule has 78 valence electrons. The maximum atomic E-state index is 13.0. The van der Waals surface area contributed by atoms with Gasteiger partial charge in [0.25, 0.3) is 0 Å². The Bertz CT molecular complexity index is 442. The Kier molecular flexibility index (Phi) is 3.23. The smallest absolute Gasteiger partial charge is 0.145 e. The van der Waals surface area contributed by atoms with Crippen LogP contribution in [0, 0.1) is 5.82 Å². The van der Waals surface area contributed by atoms with E-state index < -0.39 is 5.82 Å². The molecule has 1 heterocycles. The van der Waals surface area contributed by atoms with Crippen molar-refractivity contribution in [2.45, 2.75) is 6.61 Å². The Morgan fingerprint density at radius 2 is 2.20 bits per heavy atom. The lowest BCUT2D eigenvalue weighted by atomic mass is 10.3. The minimum atomic E-state index is -0.458. The van der Waals surface area contributed by atoms with Gasteiger partial charge in [-0.2, -0.15) is 0 Å². The number of thiophene rings is 1. The summed E-state index contributed by atoms with van der Waals surface area (Å²) in [5, 5.41) is 2.08. The van der Waals surface area contributed by atoms with E-state index >= 15 is 0 Å². The lowest BCUT2D eigenvalue weighted by molar-refractivity contribution is 0.308. The summed E-state index contributed by atoms with van der Waals surface area (Å²) in [7, 11) is 0. The van der Waals surface area contributed by atoms with Gasteiger partial charge < -0.3 is 4.74 Å². The molecule has 0 N–H and O–H groups in total. The zero-order valence-electron chi connectivity index (χ0n) is 7.74. The van der Waals surface area contributed by atoms with Crippen LogP contribution in [-0.4, -0.2) is 0 Å². The van der Waals surface area contributed by atoms with Gasteiger partial charge >= 0.3 is 0 Å². The molecule has 0 unspecified atom stereocenters. The zero-order chi connectivity index (χ0) is 10.7. The first-order valence-electron chi connectivity index (χ1n) is 4.36. The minimum Gasteiger partial charge on any atom is -0.488 e. The largest absolute Gasteiger partial charge is 0.488 e. The third-order valence-corrected chi connectivity index (χ3v) is 3.01. The van der Waals surface area contributed by atoms with Crippen molar-refractivity contribution in [3.63, 3.8) is 0 Å². The van der Waals surface area contributed by atoms with E-state index in [0.29, 0.717) is 12.4 Å². The van der Waals surface area contributed by atoms with Crippen LogP contribution >= 0.6 is 22.9 Å².